The zero-order valence-corrected chi connectivity index (χ0v) is 23.7. The van der Waals surface area contributed by atoms with Gasteiger partial charge in [-0.2, -0.15) is 5.10 Å². The van der Waals surface area contributed by atoms with Crippen LogP contribution in [0.4, 0.5) is 5.82 Å². The summed E-state index contributed by atoms with van der Waals surface area (Å²) < 4.78 is 2.16. The summed E-state index contributed by atoms with van der Waals surface area (Å²) in [4.78, 5) is 7.14. The molecule has 3 aromatic rings. The summed E-state index contributed by atoms with van der Waals surface area (Å²) in [6.07, 6.45) is 19.2. The minimum Gasteiger partial charge on any atom is -0.388 e. The Kier molecular flexibility index (Phi) is 8.13. The number of nitrogens with one attached hydrogen (secondary N) is 2. The lowest BCUT2D eigenvalue weighted by Gasteiger charge is -2.28. The van der Waals surface area contributed by atoms with Gasteiger partial charge < -0.3 is 15.5 Å². The first-order valence-electron chi connectivity index (χ1n) is 14.0. The van der Waals surface area contributed by atoms with Gasteiger partial charge in [-0.3, -0.25) is 4.68 Å². The van der Waals surface area contributed by atoms with Gasteiger partial charge in [0.15, 0.2) is 0 Å². The maximum absolute atomic E-state index is 4.75. The van der Waals surface area contributed by atoms with Crippen LogP contribution in [0.1, 0.15) is 45.6 Å². The molecule has 0 radical (unpaired) electrons. The van der Waals surface area contributed by atoms with E-state index < -0.39 is 0 Å². The quantitative estimate of drug-likeness (QED) is 0.297. The maximum Gasteiger partial charge on any atom is 0.130 e. The summed E-state index contributed by atoms with van der Waals surface area (Å²) in [6.45, 7) is 10.5. The first-order valence-corrected chi connectivity index (χ1v) is 14.0. The highest BCUT2D eigenvalue weighted by Crippen LogP contribution is 2.36. The Hall–Kier alpha value is -3.90. The average molecular weight is 521 g/mol. The molecule has 6 nitrogen and oxygen atoms in total. The van der Waals surface area contributed by atoms with Crippen molar-refractivity contribution in [3.05, 3.63) is 102 Å². The van der Waals surface area contributed by atoms with Crippen LogP contribution in [0.3, 0.4) is 0 Å². The monoisotopic (exact) mass is 520 g/mol. The van der Waals surface area contributed by atoms with E-state index in [1.165, 1.54) is 11.1 Å². The van der Waals surface area contributed by atoms with Crippen LogP contribution in [0, 0.1) is 0 Å². The van der Waals surface area contributed by atoms with Crippen molar-refractivity contribution in [3.8, 4) is 11.1 Å². The highest BCUT2D eigenvalue weighted by atomic mass is 15.3. The smallest absolute Gasteiger partial charge is 0.130 e. The molecule has 2 fully saturated rings. The highest BCUT2D eigenvalue weighted by molar-refractivity contribution is 5.88. The van der Waals surface area contributed by atoms with Gasteiger partial charge in [0, 0.05) is 41.8 Å². The molecule has 202 valence electrons. The second-order valence-electron chi connectivity index (χ2n) is 10.5. The van der Waals surface area contributed by atoms with Crippen molar-refractivity contribution in [1.29, 1.82) is 0 Å². The molecule has 5 rings (SSSR count). The van der Waals surface area contributed by atoms with Crippen molar-refractivity contribution in [2.24, 2.45) is 0 Å². The Balaban J connectivity index is 1.37. The molecule has 1 aromatic carbocycles. The van der Waals surface area contributed by atoms with Crippen molar-refractivity contribution < 1.29 is 0 Å². The van der Waals surface area contributed by atoms with E-state index in [4.69, 9.17) is 10.1 Å². The Morgan fingerprint density at radius 3 is 2.41 bits per heavy atom. The molecular weight excluding hydrogens is 480 g/mol. The molecule has 3 heterocycles. The van der Waals surface area contributed by atoms with E-state index in [2.05, 4.69) is 95.5 Å². The van der Waals surface area contributed by atoms with Crippen molar-refractivity contribution in [1.82, 2.24) is 25.0 Å². The normalized spacial score (nSPS) is 17.2. The van der Waals surface area contributed by atoms with E-state index in [9.17, 15) is 0 Å². The first-order chi connectivity index (χ1) is 19.0. The molecule has 0 amide bonds. The number of benzene rings is 1. The van der Waals surface area contributed by atoms with E-state index in [0.29, 0.717) is 6.04 Å². The van der Waals surface area contributed by atoms with Crippen molar-refractivity contribution >= 4 is 16.6 Å². The molecule has 2 aromatic heterocycles. The summed E-state index contributed by atoms with van der Waals surface area (Å²) in [5.41, 5.74) is 8.06. The van der Waals surface area contributed by atoms with Gasteiger partial charge in [0.25, 0.3) is 0 Å². The molecule has 1 aliphatic carbocycles. The Morgan fingerprint density at radius 2 is 1.72 bits per heavy atom. The number of anilines is 1. The fraction of sp³-hybridized carbons (Fsp3) is 0.333. The fourth-order valence-electron chi connectivity index (χ4n) is 5.16. The number of likely N-dealkylation sites (N-methyl/N-ethyl adjacent to an activating group) is 1. The number of piperidine rings is 1. The van der Waals surface area contributed by atoms with Crippen LogP contribution < -0.4 is 10.6 Å². The van der Waals surface area contributed by atoms with Crippen LogP contribution in [-0.2, 0) is 0 Å². The molecule has 0 unspecified atom stereocenters. The van der Waals surface area contributed by atoms with Crippen LogP contribution in [0.25, 0.3) is 21.9 Å². The predicted molar refractivity (Wildman–Crippen MR) is 163 cm³/mol. The van der Waals surface area contributed by atoms with Crippen LogP contribution in [0.15, 0.2) is 102 Å². The lowest BCUT2D eigenvalue weighted by Crippen LogP contribution is -2.31. The second-order valence-corrected chi connectivity index (χ2v) is 10.5. The molecule has 2 N–H and O–H groups in total. The second kappa shape index (κ2) is 11.9. The highest BCUT2D eigenvalue weighted by Gasteiger charge is 2.21. The van der Waals surface area contributed by atoms with Gasteiger partial charge in [-0.05, 0) is 99.5 Å². The average Bonchev–Trinajstić information content (AvgIpc) is 3.69. The van der Waals surface area contributed by atoms with Crippen LogP contribution >= 0.6 is 0 Å². The van der Waals surface area contributed by atoms with Gasteiger partial charge in [-0.15, -0.1) is 0 Å². The number of nitrogens with zero attached hydrogens (tertiary/aromatic N) is 4. The molecule has 6 heteroatoms. The van der Waals surface area contributed by atoms with E-state index >= 15 is 0 Å². The van der Waals surface area contributed by atoms with Gasteiger partial charge in [0.1, 0.15) is 5.82 Å². The zero-order valence-electron chi connectivity index (χ0n) is 23.7. The standard InChI is InChI=1S/C33H40N6/c1-6-24(23(3)34-4)8-9-25(7-2)33(26-10-11-26)37-32-19-29-18-27(12-13-28(29)20-35-32)30-21-36-39(22-30)31-14-16-38(5)17-15-31/h6-9,12-13,18-22,31,34H,3,10-11,14-17H2,1-2,4-5H3,(H,35,37)/b9-8-,24-6+,25-7+. The Bertz CT molecular complexity index is 1470. The third-order valence-electron chi connectivity index (χ3n) is 7.83. The molecule has 1 saturated heterocycles. The Morgan fingerprint density at radius 1 is 0.974 bits per heavy atom. The summed E-state index contributed by atoms with van der Waals surface area (Å²) >= 11 is 0. The number of hydrogen-bond acceptors (Lipinski definition) is 5. The zero-order chi connectivity index (χ0) is 27.4. The number of hydrogen-bond donors (Lipinski definition) is 2. The summed E-state index contributed by atoms with van der Waals surface area (Å²) in [7, 11) is 4.09. The summed E-state index contributed by atoms with van der Waals surface area (Å²) in [5.74, 6) is 0.856. The molecule has 0 atom stereocenters. The molecule has 0 bridgehead atoms. The maximum atomic E-state index is 4.75. The molecule has 2 aliphatic rings. The number of allylic oxidation sites excluding steroid dienone is 5. The third kappa shape index (κ3) is 6.23. The minimum absolute atomic E-state index is 0.486. The lowest BCUT2D eigenvalue weighted by molar-refractivity contribution is 0.212. The largest absolute Gasteiger partial charge is 0.388 e. The van der Waals surface area contributed by atoms with Gasteiger partial charge in [0.05, 0.1) is 12.2 Å². The van der Waals surface area contributed by atoms with Crippen LogP contribution in [0.2, 0.25) is 0 Å². The van der Waals surface area contributed by atoms with Crippen molar-refractivity contribution in [3.63, 3.8) is 0 Å². The van der Waals surface area contributed by atoms with Crippen LogP contribution in [0.5, 0.6) is 0 Å². The van der Waals surface area contributed by atoms with E-state index in [1.54, 1.807) is 0 Å². The van der Waals surface area contributed by atoms with Crippen molar-refractivity contribution in [2.75, 3.05) is 32.5 Å². The summed E-state index contributed by atoms with van der Waals surface area (Å²) in [6, 6.07) is 9.22. The number of pyridine rings is 1. The third-order valence-corrected chi connectivity index (χ3v) is 7.83. The number of aromatic nitrogens is 3. The number of rotatable bonds is 9. The molecule has 0 spiro atoms. The first kappa shape index (κ1) is 26.7. The fourth-order valence-corrected chi connectivity index (χ4v) is 5.16. The van der Waals surface area contributed by atoms with Crippen molar-refractivity contribution in [2.45, 2.75) is 45.6 Å². The topological polar surface area (TPSA) is 58.0 Å². The van der Waals surface area contributed by atoms with Gasteiger partial charge in [-0.1, -0.05) is 43.0 Å². The van der Waals surface area contributed by atoms with Gasteiger partial charge >= 0.3 is 0 Å². The molecule has 1 aliphatic heterocycles. The van der Waals surface area contributed by atoms with E-state index in [0.717, 1.165) is 83.5 Å². The van der Waals surface area contributed by atoms with E-state index in [-0.39, 0.29) is 0 Å². The Labute approximate surface area is 232 Å². The molecular formula is C33H40N6. The van der Waals surface area contributed by atoms with Gasteiger partial charge in [-0.25, -0.2) is 4.98 Å². The van der Waals surface area contributed by atoms with Gasteiger partial charge in [0.2, 0.25) is 0 Å². The SMILES string of the molecule is C=C(NC)C(/C=C\C(=C/C)C(Nc1cc2cc(-c3cnn(C4CCN(C)CC4)c3)ccc2cn1)=C1CC1)=C/C. The van der Waals surface area contributed by atoms with Crippen LogP contribution in [-0.4, -0.2) is 46.8 Å². The lowest BCUT2D eigenvalue weighted by atomic mass is 10.0. The number of fused-ring (bicyclic) bond motifs is 1. The molecule has 1 saturated carbocycles. The summed E-state index contributed by atoms with van der Waals surface area (Å²) in [5, 5.41) is 13.8. The minimum atomic E-state index is 0.486. The molecule has 39 heavy (non-hydrogen) atoms. The number of likely N-dealkylation sites (tertiary alicyclic amines) is 1. The predicted octanol–water partition coefficient (Wildman–Crippen LogP) is 7.01. The van der Waals surface area contributed by atoms with E-state index in [1.807, 2.05) is 26.4 Å².